The molecule has 0 aromatic heterocycles. The van der Waals surface area contributed by atoms with Gasteiger partial charge in [0.2, 0.25) is 0 Å². The topological polar surface area (TPSA) is 34.1 Å². The van der Waals surface area contributed by atoms with Gasteiger partial charge in [-0.1, -0.05) is 19.8 Å². The van der Waals surface area contributed by atoms with Crippen LogP contribution < -0.4 is 0 Å². The van der Waals surface area contributed by atoms with Gasteiger partial charge in [0.15, 0.2) is 0 Å². The molecule has 7 atom stereocenters. The van der Waals surface area contributed by atoms with E-state index in [1.807, 2.05) is 0 Å². The van der Waals surface area contributed by atoms with E-state index in [-0.39, 0.29) is 11.2 Å². The second-order valence-corrected chi connectivity index (χ2v) is 10.0. The highest BCUT2D eigenvalue weighted by molar-refractivity contribution is 5.87. The zero-order valence-electron chi connectivity index (χ0n) is 16.1. The molecule has 0 radical (unpaired) electrons. The Labute approximate surface area is 152 Å². The molecule has 4 fully saturated rings. The fraction of sp³-hybridized carbons (Fsp3) is 0.826. The van der Waals surface area contributed by atoms with Crippen molar-refractivity contribution in [2.75, 3.05) is 0 Å². The van der Waals surface area contributed by atoms with Crippen LogP contribution in [0, 0.1) is 52.3 Å². The quantitative estimate of drug-likeness (QED) is 0.642. The molecule has 0 heterocycles. The molecule has 0 bridgehead atoms. The van der Waals surface area contributed by atoms with Crippen molar-refractivity contribution in [1.82, 2.24) is 0 Å². The highest BCUT2D eigenvalue weighted by atomic mass is 16.1. The molecule has 0 aromatic carbocycles. The highest BCUT2D eigenvalue weighted by Crippen LogP contribution is 2.70. The Morgan fingerprint density at radius 3 is 2.48 bits per heavy atom. The van der Waals surface area contributed by atoms with E-state index in [0.717, 1.165) is 44.4 Å². The summed E-state index contributed by atoms with van der Waals surface area (Å²) in [6.07, 6.45) is 15.3. The molecule has 0 N–H and O–H groups in total. The van der Waals surface area contributed by atoms with Gasteiger partial charge in [-0.2, -0.15) is 0 Å². The molecule has 4 aliphatic carbocycles. The van der Waals surface area contributed by atoms with Gasteiger partial charge in [-0.3, -0.25) is 9.59 Å². The van der Waals surface area contributed by atoms with Crippen LogP contribution in [0.1, 0.15) is 78.6 Å². The number of hydrogen-bond donors (Lipinski definition) is 0. The van der Waals surface area contributed by atoms with Crippen LogP contribution in [0.5, 0.6) is 0 Å². The minimum absolute atomic E-state index is 0.0254. The van der Waals surface area contributed by atoms with E-state index in [9.17, 15) is 9.59 Å². The standard InChI is InChI=1S/C23H32O2/c1-5-23(15(2)24)13-10-20-18-7-6-16-14-17(25)8-11-21(16,3)19(18)9-12-22(20,23)4/h1,16,18-20H,6-14H2,2-4H3/t16-,18+,19-,20-,21-,22-,23+/m0/s1. The SMILES string of the molecule is C#C[C@]1(C(C)=O)CC[C@H]2[C@@H]3CC[C@H]4CC(=O)CC[C@]4(C)[C@H]3CC[C@@]21C. The van der Waals surface area contributed by atoms with Crippen LogP contribution in [-0.2, 0) is 9.59 Å². The normalized spacial score (nSPS) is 51.8. The molecule has 0 saturated heterocycles. The van der Waals surface area contributed by atoms with Crippen molar-refractivity contribution in [2.24, 2.45) is 39.9 Å². The van der Waals surface area contributed by atoms with Gasteiger partial charge in [0.05, 0.1) is 5.41 Å². The lowest BCUT2D eigenvalue weighted by molar-refractivity contribution is -0.147. The molecule has 2 nitrogen and oxygen atoms in total. The molecule has 0 aliphatic heterocycles. The van der Waals surface area contributed by atoms with Gasteiger partial charge >= 0.3 is 0 Å². The van der Waals surface area contributed by atoms with Gasteiger partial charge in [0.25, 0.3) is 0 Å². The fourth-order valence-corrected chi connectivity index (χ4v) is 8.00. The summed E-state index contributed by atoms with van der Waals surface area (Å²) in [4.78, 5) is 24.6. The first-order chi connectivity index (χ1) is 11.8. The summed E-state index contributed by atoms with van der Waals surface area (Å²) in [6.45, 7) is 6.50. The van der Waals surface area contributed by atoms with Crippen molar-refractivity contribution < 1.29 is 9.59 Å². The highest BCUT2D eigenvalue weighted by Gasteiger charge is 2.65. The number of terminal acetylenes is 1. The number of rotatable bonds is 1. The number of carbonyl (C=O) groups is 2. The predicted molar refractivity (Wildman–Crippen MR) is 98.7 cm³/mol. The summed E-state index contributed by atoms with van der Waals surface area (Å²) in [7, 11) is 0. The number of fused-ring (bicyclic) bond motifs is 5. The molecule has 4 saturated carbocycles. The first-order valence-corrected chi connectivity index (χ1v) is 10.3. The van der Waals surface area contributed by atoms with Gasteiger partial charge in [0.1, 0.15) is 11.6 Å². The van der Waals surface area contributed by atoms with Crippen molar-refractivity contribution in [1.29, 1.82) is 0 Å². The summed E-state index contributed by atoms with van der Waals surface area (Å²) in [5, 5.41) is 0. The van der Waals surface area contributed by atoms with E-state index in [1.165, 1.54) is 19.3 Å². The lowest BCUT2D eigenvalue weighted by atomic mass is 9.43. The van der Waals surface area contributed by atoms with E-state index in [2.05, 4.69) is 19.8 Å². The summed E-state index contributed by atoms with van der Waals surface area (Å²) in [6, 6.07) is 0. The fourth-order valence-electron chi connectivity index (χ4n) is 8.00. The van der Waals surface area contributed by atoms with Crippen LogP contribution in [0.2, 0.25) is 0 Å². The number of carbonyl (C=O) groups excluding carboxylic acids is 2. The first-order valence-electron chi connectivity index (χ1n) is 10.3. The van der Waals surface area contributed by atoms with E-state index >= 15 is 0 Å². The van der Waals surface area contributed by atoms with Gasteiger partial charge in [-0.15, -0.1) is 6.42 Å². The largest absolute Gasteiger partial charge is 0.300 e. The van der Waals surface area contributed by atoms with Crippen LogP contribution in [0.4, 0.5) is 0 Å². The molecule has 4 aliphatic rings. The lowest BCUT2D eigenvalue weighted by Gasteiger charge is -2.61. The Bertz CT molecular complexity index is 657. The summed E-state index contributed by atoms with van der Waals surface area (Å²) in [5.41, 5.74) is -0.235. The minimum atomic E-state index is -0.539. The van der Waals surface area contributed by atoms with Crippen LogP contribution >= 0.6 is 0 Å². The molecule has 0 unspecified atom stereocenters. The van der Waals surface area contributed by atoms with Crippen LogP contribution in [-0.4, -0.2) is 11.6 Å². The second kappa shape index (κ2) is 5.45. The average Bonchev–Trinajstić information content (AvgIpc) is 2.89. The Balaban J connectivity index is 1.68. The summed E-state index contributed by atoms with van der Waals surface area (Å²) >= 11 is 0. The minimum Gasteiger partial charge on any atom is -0.300 e. The summed E-state index contributed by atoms with van der Waals surface area (Å²) < 4.78 is 0. The van der Waals surface area contributed by atoms with Crippen LogP contribution in [0.3, 0.4) is 0 Å². The van der Waals surface area contributed by atoms with Crippen molar-refractivity contribution in [3.8, 4) is 12.3 Å². The molecule has 2 heteroatoms. The first kappa shape index (κ1) is 17.3. The van der Waals surface area contributed by atoms with Gasteiger partial charge < -0.3 is 0 Å². The molecule has 0 spiro atoms. The maximum Gasteiger partial charge on any atom is 0.148 e. The van der Waals surface area contributed by atoms with Crippen LogP contribution in [0.25, 0.3) is 0 Å². The third kappa shape index (κ3) is 2.05. The third-order valence-electron chi connectivity index (χ3n) is 9.52. The molecule has 0 amide bonds. The number of hydrogen-bond acceptors (Lipinski definition) is 2. The summed E-state index contributed by atoms with van der Waals surface area (Å²) in [5.74, 6) is 6.27. The smallest absolute Gasteiger partial charge is 0.148 e. The van der Waals surface area contributed by atoms with Gasteiger partial charge in [0, 0.05) is 12.8 Å². The lowest BCUT2D eigenvalue weighted by Crippen LogP contribution is -2.55. The molecule has 4 rings (SSSR count). The number of Topliss-reactive ketones (excluding diaryl/α,β-unsaturated/α-hetero) is 2. The maximum absolute atomic E-state index is 12.6. The maximum atomic E-state index is 12.6. The van der Waals surface area contributed by atoms with Crippen LogP contribution in [0.15, 0.2) is 0 Å². The van der Waals surface area contributed by atoms with Crippen molar-refractivity contribution >= 4 is 11.6 Å². The Hall–Kier alpha value is -1.10. The monoisotopic (exact) mass is 340 g/mol. The van der Waals surface area contributed by atoms with E-state index in [1.54, 1.807) is 6.92 Å². The average molecular weight is 341 g/mol. The molecule has 136 valence electrons. The van der Waals surface area contributed by atoms with Crippen molar-refractivity contribution in [3.63, 3.8) is 0 Å². The van der Waals surface area contributed by atoms with E-state index in [4.69, 9.17) is 6.42 Å². The van der Waals surface area contributed by atoms with Crippen molar-refractivity contribution in [3.05, 3.63) is 0 Å². The zero-order valence-corrected chi connectivity index (χ0v) is 16.1. The molecule has 25 heavy (non-hydrogen) atoms. The van der Waals surface area contributed by atoms with Gasteiger partial charge in [-0.25, -0.2) is 0 Å². The number of ketones is 2. The predicted octanol–water partition coefficient (Wildman–Crippen LogP) is 4.81. The Kier molecular flexibility index (Phi) is 3.77. The third-order valence-corrected chi connectivity index (χ3v) is 9.52. The Morgan fingerprint density at radius 2 is 1.80 bits per heavy atom. The molecule has 0 aromatic rings. The zero-order chi connectivity index (χ0) is 18.0. The van der Waals surface area contributed by atoms with Crippen molar-refractivity contribution in [2.45, 2.75) is 78.6 Å². The molecular weight excluding hydrogens is 308 g/mol. The van der Waals surface area contributed by atoms with E-state index < -0.39 is 5.41 Å². The molecular formula is C23H32O2. The Morgan fingerprint density at radius 1 is 1.08 bits per heavy atom. The van der Waals surface area contributed by atoms with Gasteiger partial charge in [-0.05, 0) is 86.4 Å². The second-order valence-electron chi connectivity index (χ2n) is 10.0. The van der Waals surface area contributed by atoms with E-state index in [0.29, 0.717) is 29.0 Å².